The Kier molecular flexibility index (Phi) is 4.73. The summed E-state index contributed by atoms with van der Waals surface area (Å²) in [6.45, 7) is 2.85. The van der Waals surface area contributed by atoms with Crippen molar-refractivity contribution in [2.75, 3.05) is 36.9 Å². The van der Waals surface area contributed by atoms with Crippen LogP contribution in [0.15, 0.2) is 12.4 Å². The van der Waals surface area contributed by atoms with E-state index in [0.717, 1.165) is 38.4 Å². The summed E-state index contributed by atoms with van der Waals surface area (Å²) in [6, 6.07) is 3.83. The fourth-order valence-corrected chi connectivity index (χ4v) is 1.88. The summed E-state index contributed by atoms with van der Waals surface area (Å²) < 4.78 is 5.32. The van der Waals surface area contributed by atoms with Crippen molar-refractivity contribution in [2.24, 2.45) is 5.92 Å². The second-order valence-electron chi connectivity index (χ2n) is 4.24. The van der Waals surface area contributed by atoms with Gasteiger partial charge in [0, 0.05) is 25.8 Å². The normalized spacial score (nSPS) is 15.9. The van der Waals surface area contributed by atoms with E-state index >= 15 is 0 Å². The second kappa shape index (κ2) is 6.77. The van der Waals surface area contributed by atoms with Crippen LogP contribution < -0.4 is 10.6 Å². The molecule has 2 heterocycles. The maximum atomic E-state index is 8.49. The Morgan fingerprint density at radius 1 is 1.28 bits per heavy atom. The average molecular weight is 247 g/mol. The van der Waals surface area contributed by atoms with Crippen molar-refractivity contribution in [2.45, 2.75) is 12.8 Å². The SMILES string of the molecule is N#CCNc1cc(NCC2CCOCC2)ncn1. The lowest BCUT2D eigenvalue weighted by Gasteiger charge is -2.22. The first-order chi connectivity index (χ1) is 8.88. The number of hydrogen-bond donors (Lipinski definition) is 2. The molecular weight excluding hydrogens is 230 g/mol. The van der Waals surface area contributed by atoms with E-state index in [2.05, 4.69) is 20.6 Å². The van der Waals surface area contributed by atoms with E-state index in [4.69, 9.17) is 10.00 Å². The van der Waals surface area contributed by atoms with Crippen molar-refractivity contribution in [1.82, 2.24) is 9.97 Å². The Morgan fingerprint density at radius 3 is 2.72 bits per heavy atom. The van der Waals surface area contributed by atoms with E-state index in [1.54, 1.807) is 0 Å². The minimum Gasteiger partial charge on any atom is -0.381 e. The van der Waals surface area contributed by atoms with E-state index in [1.807, 2.05) is 12.1 Å². The Labute approximate surface area is 106 Å². The summed E-state index contributed by atoms with van der Waals surface area (Å²) in [5.41, 5.74) is 0. The zero-order chi connectivity index (χ0) is 12.6. The molecule has 0 aromatic carbocycles. The van der Waals surface area contributed by atoms with Crippen LogP contribution in [0.2, 0.25) is 0 Å². The molecule has 0 spiro atoms. The Morgan fingerprint density at radius 2 is 2.00 bits per heavy atom. The molecule has 18 heavy (non-hydrogen) atoms. The topological polar surface area (TPSA) is 82.9 Å². The lowest BCUT2D eigenvalue weighted by atomic mass is 10.0. The van der Waals surface area contributed by atoms with Crippen LogP contribution in [0.5, 0.6) is 0 Å². The third-order valence-corrected chi connectivity index (χ3v) is 2.93. The number of nitrogens with zero attached hydrogens (tertiary/aromatic N) is 3. The smallest absolute Gasteiger partial charge is 0.132 e. The van der Waals surface area contributed by atoms with Crippen LogP contribution in [0.25, 0.3) is 0 Å². The lowest BCUT2D eigenvalue weighted by molar-refractivity contribution is 0.0699. The highest BCUT2D eigenvalue weighted by molar-refractivity contribution is 5.46. The van der Waals surface area contributed by atoms with Gasteiger partial charge in [-0.25, -0.2) is 9.97 Å². The van der Waals surface area contributed by atoms with Gasteiger partial charge in [-0.05, 0) is 18.8 Å². The average Bonchev–Trinajstić information content (AvgIpc) is 2.44. The predicted molar refractivity (Wildman–Crippen MR) is 68.2 cm³/mol. The molecule has 6 heteroatoms. The summed E-state index contributed by atoms with van der Waals surface area (Å²) in [5.74, 6) is 2.10. The first-order valence-corrected chi connectivity index (χ1v) is 6.13. The highest BCUT2D eigenvalue weighted by atomic mass is 16.5. The number of ether oxygens (including phenoxy) is 1. The lowest BCUT2D eigenvalue weighted by Crippen LogP contribution is -2.23. The zero-order valence-electron chi connectivity index (χ0n) is 10.2. The van der Waals surface area contributed by atoms with Gasteiger partial charge in [-0.15, -0.1) is 0 Å². The molecule has 0 radical (unpaired) electrons. The van der Waals surface area contributed by atoms with Gasteiger partial charge in [0.25, 0.3) is 0 Å². The molecule has 96 valence electrons. The number of hydrogen-bond acceptors (Lipinski definition) is 6. The van der Waals surface area contributed by atoms with E-state index in [-0.39, 0.29) is 6.54 Å². The summed E-state index contributed by atoms with van der Waals surface area (Å²) in [5, 5.41) is 14.7. The van der Waals surface area contributed by atoms with Gasteiger partial charge >= 0.3 is 0 Å². The predicted octanol–water partition coefficient (Wildman–Crippen LogP) is 1.25. The van der Waals surface area contributed by atoms with E-state index in [9.17, 15) is 0 Å². The van der Waals surface area contributed by atoms with Gasteiger partial charge in [-0.3, -0.25) is 0 Å². The van der Waals surface area contributed by atoms with Gasteiger partial charge in [0.1, 0.15) is 24.5 Å². The molecule has 1 aromatic heterocycles. The van der Waals surface area contributed by atoms with Gasteiger partial charge in [0.05, 0.1) is 6.07 Å². The minimum absolute atomic E-state index is 0.246. The van der Waals surface area contributed by atoms with Crippen LogP contribution >= 0.6 is 0 Å². The van der Waals surface area contributed by atoms with Gasteiger partial charge in [0.2, 0.25) is 0 Å². The third kappa shape index (κ3) is 3.86. The number of rotatable bonds is 5. The van der Waals surface area contributed by atoms with Crippen LogP contribution in [-0.4, -0.2) is 36.3 Å². The van der Waals surface area contributed by atoms with Crippen molar-refractivity contribution < 1.29 is 4.74 Å². The van der Waals surface area contributed by atoms with Crippen molar-refractivity contribution in [1.29, 1.82) is 5.26 Å². The largest absolute Gasteiger partial charge is 0.381 e. The molecule has 1 aliphatic rings. The summed E-state index contributed by atoms with van der Waals surface area (Å²) in [4.78, 5) is 8.19. The number of nitrogens with one attached hydrogen (secondary N) is 2. The van der Waals surface area contributed by atoms with Crippen LogP contribution in [0.3, 0.4) is 0 Å². The second-order valence-corrected chi connectivity index (χ2v) is 4.24. The van der Waals surface area contributed by atoms with Crippen molar-refractivity contribution in [3.8, 4) is 6.07 Å². The van der Waals surface area contributed by atoms with Crippen LogP contribution in [-0.2, 0) is 4.74 Å². The number of aromatic nitrogens is 2. The van der Waals surface area contributed by atoms with Gasteiger partial charge in [-0.2, -0.15) is 5.26 Å². The monoisotopic (exact) mass is 247 g/mol. The quantitative estimate of drug-likeness (QED) is 0.762. The van der Waals surface area contributed by atoms with Crippen LogP contribution in [0, 0.1) is 17.2 Å². The first kappa shape index (κ1) is 12.6. The number of anilines is 2. The Bertz CT molecular complexity index is 411. The first-order valence-electron chi connectivity index (χ1n) is 6.13. The highest BCUT2D eigenvalue weighted by Gasteiger charge is 2.13. The number of nitriles is 1. The maximum absolute atomic E-state index is 8.49. The van der Waals surface area contributed by atoms with Crippen LogP contribution in [0.4, 0.5) is 11.6 Å². The summed E-state index contributed by atoms with van der Waals surface area (Å²) >= 11 is 0. The van der Waals surface area contributed by atoms with Crippen molar-refractivity contribution in [3.63, 3.8) is 0 Å². The Hall–Kier alpha value is -1.87. The van der Waals surface area contributed by atoms with Gasteiger partial charge in [0.15, 0.2) is 0 Å². The Balaban J connectivity index is 1.82. The molecule has 0 bridgehead atoms. The van der Waals surface area contributed by atoms with E-state index in [1.165, 1.54) is 6.33 Å². The highest BCUT2D eigenvalue weighted by Crippen LogP contribution is 2.16. The molecule has 0 aliphatic carbocycles. The summed E-state index contributed by atoms with van der Waals surface area (Å²) in [6.07, 6.45) is 3.68. The van der Waals surface area contributed by atoms with E-state index in [0.29, 0.717) is 11.7 Å². The molecule has 1 saturated heterocycles. The minimum atomic E-state index is 0.246. The molecular formula is C12H17N5O. The molecule has 6 nitrogen and oxygen atoms in total. The van der Waals surface area contributed by atoms with Gasteiger partial charge < -0.3 is 15.4 Å². The van der Waals surface area contributed by atoms with E-state index < -0.39 is 0 Å². The van der Waals surface area contributed by atoms with Crippen molar-refractivity contribution >= 4 is 11.6 Å². The van der Waals surface area contributed by atoms with Crippen molar-refractivity contribution in [3.05, 3.63) is 12.4 Å². The zero-order valence-corrected chi connectivity index (χ0v) is 10.2. The molecule has 2 N–H and O–H groups in total. The molecule has 0 unspecified atom stereocenters. The fraction of sp³-hybridized carbons (Fsp3) is 0.583. The summed E-state index contributed by atoms with van der Waals surface area (Å²) in [7, 11) is 0. The van der Waals surface area contributed by atoms with Gasteiger partial charge in [-0.1, -0.05) is 0 Å². The molecule has 1 aromatic rings. The molecule has 1 aliphatic heterocycles. The fourth-order valence-electron chi connectivity index (χ4n) is 1.88. The molecule has 0 atom stereocenters. The standard InChI is InChI=1S/C12H17N5O/c13-3-4-14-11-7-12(17-9-16-11)15-8-10-1-5-18-6-2-10/h7,9-10H,1-2,4-6,8H2,(H2,14,15,16,17). The molecule has 1 fully saturated rings. The molecule has 0 saturated carbocycles. The maximum Gasteiger partial charge on any atom is 0.132 e. The molecule has 0 amide bonds. The third-order valence-electron chi connectivity index (χ3n) is 2.93. The van der Waals surface area contributed by atoms with Crippen LogP contribution in [0.1, 0.15) is 12.8 Å². The molecule has 2 rings (SSSR count).